The Bertz CT molecular complexity index is 500. The highest BCUT2D eigenvalue weighted by Gasteiger charge is 2.13. The lowest BCUT2D eigenvalue weighted by Gasteiger charge is -2.19. The van der Waals surface area contributed by atoms with Crippen LogP contribution in [0.3, 0.4) is 0 Å². The maximum absolute atomic E-state index is 12.0. The van der Waals surface area contributed by atoms with E-state index in [9.17, 15) is 9.59 Å². The zero-order valence-corrected chi connectivity index (χ0v) is 14.1. The van der Waals surface area contributed by atoms with Gasteiger partial charge in [-0.3, -0.25) is 9.59 Å². The SMILES string of the molecule is CN(CCCC(=O)O)C(=O)CCc1ccc(C(C)(C)C)cc1. The number of rotatable bonds is 7. The first-order chi connectivity index (χ1) is 10.2. The highest BCUT2D eigenvalue weighted by atomic mass is 16.4. The maximum atomic E-state index is 12.0. The lowest BCUT2D eigenvalue weighted by molar-refractivity contribution is -0.138. The van der Waals surface area contributed by atoms with E-state index in [0.717, 1.165) is 5.56 Å². The minimum atomic E-state index is -0.820. The molecule has 0 radical (unpaired) electrons. The van der Waals surface area contributed by atoms with Crippen LogP contribution in [0.4, 0.5) is 0 Å². The fourth-order valence-corrected chi connectivity index (χ4v) is 2.21. The molecule has 0 spiro atoms. The van der Waals surface area contributed by atoms with Gasteiger partial charge in [0, 0.05) is 26.4 Å². The molecule has 0 saturated heterocycles. The predicted octanol–water partition coefficient (Wildman–Crippen LogP) is 3.24. The lowest BCUT2D eigenvalue weighted by Crippen LogP contribution is -2.28. The summed E-state index contributed by atoms with van der Waals surface area (Å²) >= 11 is 0. The highest BCUT2D eigenvalue weighted by molar-refractivity contribution is 5.76. The summed E-state index contributed by atoms with van der Waals surface area (Å²) in [5, 5.41) is 8.59. The minimum Gasteiger partial charge on any atom is -0.481 e. The van der Waals surface area contributed by atoms with Crippen LogP contribution in [0.5, 0.6) is 0 Å². The van der Waals surface area contributed by atoms with Gasteiger partial charge in [-0.15, -0.1) is 0 Å². The van der Waals surface area contributed by atoms with Gasteiger partial charge in [-0.2, -0.15) is 0 Å². The van der Waals surface area contributed by atoms with Crippen LogP contribution in [0, 0.1) is 0 Å². The molecule has 1 aromatic carbocycles. The Hall–Kier alpha value is -1.84. The fraction of sp³-hybridized carbons (Fsp3) is 0.556. The standard InChI is InChI=1S/C18H27NO3/c1-18(2,3)15-10-7-14(8-11-15)9-12-16(20)19(4)13-5-6-17(21)22/h7-8,10-11H,5-6,9,12-13H2,1-4H3,(H,21,22). The van der Waals surface area contributed by atoms with Crippen LogP contribution in [0.2, 0.25) is 0 Å². The van der Waals surface area contributed by atoms with Gasteiger partial charge in [0.05, 0.1) is 0 Å². The molecule has 0 unspecified atom stereocenters. The molecule has 1 rings (SSSR count). The van der Waals surface area contributed by atoms with Crippen molar-refractivity contribution < 1.29 is 14.7 Å². The molecular formula is C18H27NO3. The van der Waals surface area contributed by atoms with Crippen LogP contribution in [0.1, 0.15) is 51.2 Å². The molecule has 0 saturated carbocycles. The van der Waals surface area contributed by atoms with Gasteiger partial charge in [0.25, 0.3) is 0 Å². The monoisotopic (exact) mass is 305 g/mol. The quantitative estimate of drug-likeness (QED) is 0.841. The molecule has 0 aliphatic rings. The van der Waals surface area contributed by atoms with Gasteiger partial charge in [0.1, 0.15) is 0 Å². The second-order valence-corrected chi connectivity index (χ2v) is 6.76. The number of benzene rings is 1. The Morgan fingerprint density at radius 3 is 2.18 bits per heavy atom. The van der Waals surface area contributed by atoms with E-state index in [-0.39, 0.29) is 17.7 Å². The van der Waals surface area contributed by atoms with E-state index in [4.69, 9.17) is 5.11 Å². The molecule has 0 aliphatic carbocycles. The number of carbonyl (C=O) groups excluding carboxylic acids is 1. The van der Waals surface area contributed by atoms with Gasteiger partial charge in [0.2, 0.25) is 5.91 Å². The third-order valence-corrected chi connectivity index (χ3v) is 3.76. The molecule has 0 bridgehead atoms. The van der Waals surface area contributed by atoms with Crippen LogP contribution in [-0.2, 0) is 21.4 Å². The number of amides is 1. The molecule has 1 N–H and O–H groups in total. The Kier molecular flexibility index (Phi) is 6.60. The van der Waals surface area contributed by atoms with Crippen molar-refractivity contribution in [2.24, 2.45) is 0 Å². The zero-order valence-electron chi connectivity index (χ0n) is 14.1. The third kappa shape index (κ3) is 6.29. The summed E-state index contributed by atoms with van der Waals surface area (Å²) in [6.07, 6.45) is 1.77. The van der Waals surface area contributed by atoms with Gasteiger partial charge in [-0.25, -0.2) is 0 Å². The number of hydrogen-bond acceptors (Lipinski definition) is 2. The molecule has 1 aromatic rings. The van der Waals surface area contributed by atoms with Crippen LogP contribution in [-0.4, -0.2) is 35.5 Å². The molecule has 1 amide bonds. The van der Waals surface area contributed by atoms with Gasteiger partial charge in [-0.1, -0.05) is 45.0 Å². The summed E-state index contributed by atoms with van der Waals surface area (Å²) < 4.78 is 0. The predicted molar refractivity (Wildman–Crippen MR) is 88.0 cm³/mol. The van der Waals surface area contributed by atoms with Crippen LogP contribution in [0.15, 0.2) is 24.3 Å². The average molecular weight is 305 g/mol. The normalized spacial score (nSPS) is 11.3. The second-order valence-electron chi connectivity index (χ2n) is 6.76. The Labute approximate surface area is 133 Å². The number of aryl methyl sites for hydroxylation is 1. The van der Waals surface area contributed by atoms with Gasteiger partial charge in [0.15, 0.2) is 0 Å². The average Bonchev–Trinajstić information content (AvgIpc) is 2.43. The number of carbonyl (C=O) groups is 2. The minimum absolute atomic E-state index is 0.0605. The van der Waals surface area contributed by atoms with Crippen LogP contribution in [0.25, 0.3) is 0 Å². The van der Waals surface area contributed by atoms with E-state index >= 15 is 0 Å². The van der Waals surface area contributed by atoms with Gasteiger partial charge in [-0.05, 0) is 29.4 Å². The van der Waals surface area contributed by atoms with Crippen molar-refractivity contribution in [2.75, 3.05) is 13.6 Å². The molecule has 4 heteroatoms. The van der Waals surface area contributed by atoms with Gasteiger partial charge < -0.3 is 10.0 Å². The van der Waals surface area contributed by atoms with E-state index in [0.29, 0.717) is 25.8 Å². The van der Waals surface area contributed by atoms with Crippen LogP contribution >= 0.6 is 0 Å². The molecule has 0 heterocycles. The van der Waals surface area contributed by atoms with Crippen molar-refractivity contribution in [3.63, 3.8) is 0 Å². The largest absolute Gasteiger partial charge is 0.481 e. The van der Waals surface area contributed by atoms with Crippen molar-refractivity contribution in [2.45, 2.75) is 51.9 Å². The molecule has 22 heavy (non-hydrogen) atoms. The van der Waals surface area contributed by atoms with Crippen molar-refractivity contribution in [3.05, 3.63) is 35.4 Å². The molecular weight excluding hydrogens is 278 g/mol. The lowest BCUT2D eigenvalue weighted by atomic mass is 9.86. The first-order valence-corrected chi connectivity index (χ1v) is 7.75. The molecule has 0 aliphatic heterocycles. The first-order valence-electron chi connectivity index (χ1n) is 7.75. The Morgan fingerprint density at radius 2 is 1.68 bits per heavy atom. The number of nitrogens with zero attached hydrogens (tertiary/aromatic N) is 1. The fourth-order valence-electron chi connectivity index (χ4n) is 2.21. The van der Waals surface area contributed by atoms with E-state index < -0.39 is 5.97 Å². The van der Waals surface area contributed by atoms with Crippen molar-refractivity contribution in [1.82, 2.24) is 4.90 Å². The highest BCUT2D eigenvalue weighted by Crippen LogP contribution is 2.22. The van der Waals surface area contributed by atoms with E-state index in [1.165, 1.54) is 5.56 Å². The molecule has 0 atom stereocenters. The third-order valence-electron chi connectivity index (χ3n) is 3.76. The number of carboxylic acid groups (broad SMARTS) is 1. The summed E-state index contributed by atoms with van der Waals surface area (Å²) in [4.78, 5) is 24.1. The van der Waals surface area contributed by atoms with E-state index in [1.54, 1.807) is 11.9 Å². The number of hydrogen-bond donors (Lipinski definition) is 1. The number of carboxylic acids is 1. The summed E-state index contributed by atoms with van der Waals surface area (Å²) in [6.45, 7) is 7.03. The maximum Gasteiger partial charge on any atom is 0.303 e. The van der Waals surface area contributed by atoms with Gasteiger partial charge >= 0.3 is 5.97 Å². The zero-order chi connectivity index (χ0) is 16.8. The van der Waals surface area contributed by atoms with Crippen molar-refractivity contribution in [1.29, 1.82) is 0 Å². The molecule has 122 valence electrons. The van der Waals surface area contributed by atoms with Crippen molar-refractivity contribution in [3.8, 4) is 0 Å². The Morgan fingerprint density at radius 1 is 1.09 bits per heavy atom. The van der Waals surface area contributed by atoms with Crippen LogP contribution < -0.4 is 0 Å². The van der Waals surface area contributed by atoms with Crippen molar-refractivity contribution >= 4 is 11.9 Å². The molecule has 0 aromatic heterocycles. The molecule has 4 nitrogen and oxygen atoms in total. The summed E-state index contributed by atoms with van der Waals surface area (Å²) in [5.74, 6) is -0.759. The summed E-state index contributed by atoms with van der Waals surface area (Å²) in [7, 11) is 1.73. The molecule has 0 fully saturated rings. The smallest absolute Gasteiger partial charge is 0.303 e. The summed E-state index contributed by atoms with van der Waals surface area (Å²) in [6, 6.07) is 8.41. The topological polar surface area (TPSA) is 57.6 Å². The summed E-state index contributed by atoms with van der Waals surface area (Å²) in [5.41, 5.74) is 2.58. The second kappa shape index (κ2) is 7.97. The van der Waals surface area contributed by atoms with E-state index in [2.05, 4.69) is 45.0 Å². The number of aliphatic carboxylic acids is 1. The Balaban J connectivity index is 2.42. The van der Waals surface area contributed by atoms with E-state index in [1.807, 2.05) is 0 Å². The first kappa shape index (κ1) is 18.2.